The highest BCUT2D eigenvalue weighted by Crippen LogP contribution is 2.43. The van der Waals surface area contributed by atoms with Gasteiger partial charge in [-0.15, -0.1) is 0 Å². The van der Waals surface area contributed by atoms with E-state index in [9.17, 15) is 4.79 Å². The zero-order valence-corrected chi connectivity index (χ0v) is 7.47. The Balaban J connectivity index is 2.34. The molecule has 1 atom stereocenters. The molecule has 2 rings (SSSR count). The van der Waals surface area contributed by atoms with E-state index in [4.69, 9.17) is 0 Å². The maximum atomic E-state index is 11.1. The molecule has 0 spiro atoms. The van der Waals surface area contributed by atoms with Crippen LogP contribution < -0.4 is 0 Å². The number of hydrogen-bond acceptors (Lipinski definition) is 1. The van der Waals surface area contributed by atoms with Gasteiger partial charge in [0.2, 0.25) is 0 Å². The summed E-state index contributed by atoms with van der Waals surface area (Å²) in [6, 6.07) is 0. The number of ketones is 1. The van der Waals surface area contributed by atoms with Crippen LogP contribution in [0.5, 0.6) is 0 Å². The second-order valence-corrected chi connectivity index (χ2v) is 4.03. The molecule has 1 fully saturated rings. The highest BCUT2D eigenvalue weighted by atomic mass is 16.1. The number of hydrogen-bond donors (Lipinski definition) is 0. The van der Waals surface area contributed by atoms with Gasteiger partial charge < -0.3 is 0 Å². The third-order valence-electron chi connectivity index (χ3n) is 3.06. The van der Waals surface area contributed by atoms with E-state index in [1.165, 1.54) is 24.8 Å². The monoisotopic (exact) mass is 162 g/mol. The lowest BCUT2D eigenvalue weighted by molar-refractivity contribution is -0.110. The fourth-order valence-corrected chi connectivity index (χ4v) is 2.17. The Morgan fingerprint density at radius 1 is 1.42 bits per heavy atom. The maximum Gasteiger partial charge on any atom is 0.178 e. The largest absolute Gasteiger partial charge is 0.290 e. The van der Waals surface area contributed by atoms with Crippen LogP contribution in [0.25, 0.3) is 0 Å². The van der Waals surface area contributed by atoms with Crippen LogP contribution in [0, 0.1) is 5.41 Å². The van der Waals surface area contributed by atoms with Gasteiger partial charge in [0.15, 0.2) is 5.78 Å². The molecular formula is C11H14O. The quantitative estimate of drug-likeness (QED) is 0.535. The minimum absolute atomic E-state index is 0.171. The summed E-state index contributed by atoms with van der Waals surface area (Å²) in [6.45, 7) is 2.24. The number of fused-ring (bicyclic) bond motifs is 1. The molecule has 0 saturated heterocycles. The Morgan fingerprint density at radius 2 is 2.25 bits per heavy atom. The van der Waals surface area contributed by atoms with Crippen molar-refractivity contribution in [2.45, 2.75) is 32.6 Å². The molecular weight excluding hydrogens is 148 g/mol. The first-order valence-corrected chi connectivity index (χ1v) is 4.65. The van der Waals surface area contributed by atoms with Crippen molar-refractivity contribution < 1.29 is 4.79 Å². The molecule has 0 unspecified atom stereocenters. The van der Waals surface area contributed by atoms with Gasteiger partial charge in [0.05, 0.1) is 0 Å². The van der Waals surface area contributed by atoms with Crippen molar-refractivity contribution in [3.8, 4) is 0 Å². The van der Waals surface area contributed by atoms with Crippen LogP contribution in [0.3, 0.4) is 0 Å². The minimum Gasteiger partial charge on any atom is -0.290 e. The van der Waals surface area contributed by atoms with Crippen LogP contribution in [-0.2, 0) is 4.79 Å². The Kier molecular flexibility index (Phi) is 1.67. The molecule has 0 amide bonds. The molecule has 0 aliphatic heterocycles. The summed E-state index contributed by atoms with van der Waals surface area (Å²) in [5, 5.41) is 0. The summed E-state index contributed by atoms with van der Waals surface area (Å²) in [7, 11) is 0. The molecule has 1 heteroatoms. The van der Waals surface area contributed by atoms with Crippen molar-refractivity contribution >= 4 is 5.78 Å². The topological polar surface area (TPSA) is 17.1 Å². The Morgan fingerprint density at radius 3 is 3.08 bits per heavy atom. The van der Waals surface area contributed by atoms with Crippen molar-refractivity contribution in [1.29, 1.82) is 0 Å². The molecule has 12 heavy (non-hydrogen) atoms. The summed E-state index contributed by atoms with van der Waals surface area (Å²) in [4.78, 5) is 11.1. The number of carbonyl (C=O) groups is 1. The second-order valence-electron chi connectivity index (χ2n) is 4.03. The van der Waals surface area contributed by atoms with Gasteiger partial charge >= 0.3 is 0 Å². The SMILES string of the molecule is C[C@]12C=CC(=O)C=C1CCCC2. The summed E-state index contributed by atoms with van der Waals surface area (Å²) in [5.74, 6) is 0.171. The molecule has 0 aromatic heterocycles. The van der Waals surface area contributed by atoms with E-state index < -0.39 is 0 Å². The van der Waals surface area contributed by atoms with Crippen molar-refractivity contribution in [3.63, 3.8) is 0 Å². The van der Waals surface area contributed by atoms with Gasteiger partial charge in [-0.25, -0.2) is 0 Å². The van der Waals surface area contributed by atoms with Crippen LogP contribution in [0.1, 0.15) is 32.6 Å². The molecule has 2 aliphatic rings. The second kappa shape index (κ2) is 2.58. The highest BCUT2D eigenvalue weighted by molar-refractivity contribution is 6.01. The van der Waals surface area contributed by atoms with Gasteiger partial charge in [-0.1, -0.05) is 25.0 Å². The first-order chi connectivity index (χ1) is 5.71. The van der Waals surface area contributed by atoms with E-state index in [-0.39, 0.29) is 11.2 Å². The van der Waals surface area contributed by atoms with E-state index >= 15 is 0 Å². The van der Waals surface area contributed by atoms with Crippen LogP contribution in [0.4, 0.5) is 0 Å². The zero-order valence-electron chi connectivity index (χ0n) is 7.47. The summed E-state index contributed by atoms with van der Waals surface area (Å²) >= 11 is 0. The van der Waals surface area contributed by atoms with E-state index in [1.807, 2.05) is 6.08 Å². The zero-order chi connectivity index (χ0) is 8.60. The first-order valence-electron chi connectivity index (χ1n) is 4.65. The van der Waals surface area contributed by atoms with E-state index in [1.54, 1.807) is 6.08 Å². The Hall–Kier alpha value is -0.850. The number of rotatable bonds is 0. The molecule has 1 nitrogen and oxygen atoms in total. The van der Waals surface area contributed by atoms with Crippen molar-refractivity contribution in [2.75, 3.05) is 0 Å². The summed E-state index contributed by atoms with van der Waals surface area (Å²) in [6.07, 6.45) is 10.5. The molecule has 0 N–H and O–H groups in total. The van der Waals surface area contributed by atoms with Gasteiger partial charge in [0, 0.05) is 5.41 Å². The average molecular weight is 162 g/mol. The fourth-order valence-electron chi connectivity index (χ4n) is 2.17. The Labute approximate surface area is 73.2 Å². The lowest BCUT2D eigenvalue weighted by atomic mass is 9.69. The van der Waals surface area contributed by atoms with E-state index in [0.29, 0.717) is 0 Å². The lowest BCUT2D eigenvalue weighted by Gasteiger charge is -2.35. The summed E-state index contributed by atoms with van der Waals surface area (Å²) in [5.41, 5.74) is 1.56. The molecule has 0 aromatic carbocycles. The van der Waals surface area contributed by atoms with Gasteiger partial charge in [0.25, 0.3) is 0 Å². The Bertz CT molecular complexity index is 273. The molecule has 64 valence electrons. The lowest BCUT2D eigenvalue weighted by Crippen LogP contribution is -2.24. The fraction of sp³-hybridized carbons (Fsp3) is 0.545. The average Bonchev–Trinajstić information content (AvgIpc) is 2.06. The number of carbonyl (C=O) groups excluding carboxylic acids is 1. The van der Waals surface area contributed by atoms with Crippen LogP contribution in [0.15, 0.2) is 23.8 Å². The third kappa shape index (κ3) is 1.13. The molecule has 2 aliphatic carbocycles. The van der Waals surface area contributed by atoms with E-state index in [0.717, 1.165) is 6.42 Å². The molecule has 0 aromatic rings. The third-order valence-corrected chi connectivity index (χ3v) is 3.06. The molecule has 0 radical (unpaired) electrons. The molecule has 0 bridgehead atoms. The molecule has 1 saturated carbocycles. The van der Waals surface area contributed by atoms with Gasteiger partial charge in [0.1, 0.15) is 0 Å². The summed E-state index contributed by atoms with van der Waals surface area (Å²) < 4.78 is 0. The predicted octanol–water partition coefficient (Wildman–Crippen LogP) is 2.63. The normalized spacial score (nSPS) is 34.4. The van der Waals surface area contributed by atoms with E-state index in [2.05, 4.69) is 13.0 Å². The number of allylic oxidation sites excluding steroid dienone is 4. The van der Waals surface area contributed by atoms with Crippen LogP contribution in [-0.4, -0.2) is 5.78 Å². The van der Waals surface area contributed by atoms with Crippen molar-refractivity contribution in [3.05, 3.63) is 23.8 Å². The maximum absolute atomic E-state index is 11.1. The van der Waals surface area contributed by atoms with Crippen molar-refractivity contribution in [1.82, 2.24) is 0 Å². The molecule has 0 heterocycles. The highest BCUT2D eigenvalue weighted by Gasteiger charge is 2.31. The minimum atomic E-state index is 0.171. The van der Waals surface area contributed by atoms with Gasteiger partial charge in [-0.2, -0.15) is 0 Å². The predicted molar refractivity (Wildman–Crippen MR) is 48.8 cm³/mol. The standard InChI is InChI=1S/C11H14O/c1-11-6-3-2-4-9(11)8-10(12)5-7-11/h5,7-8H,2-4,6H2,1H3/t11-/m0/s1. The van der Waals surface area contributed by atoms with Gasteiger partial charge in [-0.05, 0) is 31.4 Å². The van der Waals surface area contributed by atoms with Crippen LogP contribution >= 0.6 is 0 Å². The smallest absolute Gasteiger partial charge is 0.178 e. The first kappa shape index (κ1) is 7.78. The van der Waals surface area contributed by atoms with Gasteiger partial charge in [-0.3, -0.25) is 4.79 Å². The van der Waals surface area contributed by atoms with Crippen molar-refractivity contribution in [2.24, 2.45) is 5.41 Å². The van der Waals surface area contributed by atoms with Crippen LogP contribution in [0.2, 0.25) is 0 Å².